The van der Waals surface area contributed by atoms with Gasteiger partial charge in [0, 0.05) is 17.2 Å². The summed E-state index contributed by atoms with van der Waals surface area (Å²) in [5, 5.41) is 3.61. The molecular weight excluding hydrogens is 277 g/mol. The maximum atomic E-state index is 13.3. The van der Waals surface area contributed by atoms with Gasteiger partial charge in [0.25, 0.3) is 0 Å². The van der Waals surface area contributed by atoms with E-state index in [4.69, 9.17) is 11.6 Å². The maximum Gasteiger partial charge on any atom is 0.138 e. The smallest absolute Gasteiger partial charge is 0.138 e. The average Bonchev–Trinajstić information content (AvgIpc) is 2.38. The van der Waals surface area contributed by atoms with Gasteiger partial charge in [-0.2, -0.15) is 0 Å². The first-order valence-corrected chi connectivity index (χ1v) is 6.83. The minimum atomic E-state index is -0.226. The summed E-state index contributed by atoms with van der Waals surface area (Å²) < 4.78 is 13.3. The lowest BCUT2D eigenvalue weighted by Gasteiger charge is -2.13. The van der Waals surface area contributed by atoms with Crippen LogP contribution in [0.1, 0.15) is 36.7 Å². The number of hydrogen-bond donors (Lipinski definition) is 1. The van der Waals surface area contributed by atoms with Crippen LogP contribution < -0.4 is 5.32 Å². The van der Waals surface area contributed by atoms with Crippen LogP contribution in [0.4, 0.5) is 15.9 Å². The fraction of sp³-hybridized carbons (Fsp3) is 0.333. The van der Waals surface area contributed by atoms with E-state index in [0.717, 1.165) is 11.3 Å². The third-order valence-electron chi connectivity index (χ3n) is 3.04. The molecule has 0 saturated heterocycles. The van der Waals surface area contributed by atoms with Crippen molar-refractivity contribution in [3.8, 4) is 0 Å². The monoisotopic (exact) mass is 293 g/mol. The lowest BCUT2D eigenvalue weighted by Crippen LogP contribution is -2.05. The molecule has 0 bridgehead atoms. The van der Waals surface area contributed by atoms with Gasteiger partial charge in [0.05, 0.1) is 0 Å². The molecule has 0 aliphatic heterocycles. The Kier molecular flexibility index (Phi) is 4.23. The lowest BCUT2D eigenvalue weighted by atomic mass is 10.2. The van der Waals surface area contributed by atoms with E-state index in [0.29, 0.717) is 22.4 Å². The van der Waals surface area contributed by atoms with Crippen molar-refractivity contribution in [2.75, 3.05) is 5.32 Å². The van der Waals surface area contributed by atoms with Gasteiger partial charge in [-0.15, -0.1) is 0 Å². The van der Waals surface area contributed by atoms with Gasteiger partial charge in [0.15, 0.2) is 0 Å². The van der Waals surface area contributed by atoms with E-state index in [1.54, 1.807) is 19.1 Å². The third-order valence-corrected chi connectivity index (χ3v) is 3.41. The highest BCUT2D eigenvalue weighted by Crippen LogP contribution is 2.26. The Morgan fingerprint density at radius 3 is 2.50 bits per heavy atom. The molecule has 2 aromatic rings. The highest BCUT2D eigenvalue weighted by atomic mass is 35.5. The number of nitrogens with one attached hydrogen (secondary N) is 1. The Balaban J connectivity index is 2.39. The number of aryl methyl sites for hydroxylation is 1. The highest BCUT2D eigenvalue weighted by molar-refractivity contribution is 6.30. The fourth-order valence-corrected chi connectivity index (χ4v) is 1.92. The second-order valence-corrected chi connectivity index (χ2v) is 5.45. The first kappa shape index (κ1) is 14.7. The molecular formula is C15H17ClFN3. The lowest BCUT2D eigenvalue weighted by molar-refractivity contribution is 0.619. The van der Waals surface area contributed by atoms with Crippen LogP contribution in [-0.4, -0.2) is 9.97 Å². The number of anilines is 2. The summed E-state index contributed by atoms with van der Waals surface area (Å²) >= 11 is 6.13. The predicted molar refractivity (Wildman–Crippen MR) is 80.3 cm³/mol. The summed E-state index contributed by atoms with van der Waals surface area (Å²) in [6, 6.07) is 4.84. The molecule has 20 heavy (non-hydrogen) atoms. The summed E-state index contributed by atoms with van der Waals surface area (Å²) in [6.45, 7) is 7.59. The Labute approximate surface area is 123 Å². The normalized spacial score (nSPS) is 10.9. The van der Waals surface area contributed by atoms with Gasteiger partial charge in [-0.25, -0.2) is 14.4 Å². The van der Waals surface area contributed by atoms with Gasteiger partial charge in [0.1, 0.15) is 22.6 Å². The summed E-state index contributed by atoms with van der Waals surface area (Å²) in [6.07, 6.45) is 0. The number of hydrogen-bond acceptors (Lipinski definition) is 3. The van der Waals surface area contributed by atoms with Crippen LogP contribution in [0.5, 0.6) is 0 Å². The number of aromatic nitrogens is 2. The number of benzene rings is 1. The molecule has 5 heteroatoms. The van der Waals surface area contributed by atoms with Crippen molar-refractivity contribution in [2.24, 2.45) is 0 Å². The Bertz CT molecular complexity index is 641. The molecule has 3 nitrogen and oxygen atoms in total. The van der Waals surface area contributed by atoms with Gasteiger partial charge in [-0.05, 0) is 37.6 Å². The van der Waals surface area contributed by atoms with E-state index in [9.17, 15) is 4.39 Å². The SMILES string of the molecule is Cc1cc(Nc2nc(C(C)C)nc(Cl)c2C)ccc1F. The van der Waals surface area contributed by atoms with Crippen LogP contribution in [-0.2, 0) is 0 Å². The first-order valence-electron chi connectivity index (χ1n) is 6.45. The zero-order valence-corrected chi connectivity index (χ0v) is 12.7. The van der Waals surface area contributed by atoms with Gasteiger partial charge in [-0.3, -0.25) is 0 Å². The first-order chi connectivity index (χ1) is 9.38. The minimum absolute atomic E-state index is 0.184. The molecule has 0 fully saturated rings. The zero-order valence-electron chi connectivity index (χ0n) is 12.0. The fourth-order valence-electron chi connectivity index (χ4n) is 1.74. The van der Waals surface area contributed by atoms with Crippen LogP contribution in [0, 0.1) is 19.7 Å². The second-order valence-electron chi connectivity index (χ2n) is 5.09. The topological polar surface area (TPSA) is 37.8 Å². The van der Waals surface area contributed by atoms with Crippen LogP contribution in [0.15, 0.2) is 18.2 Å². The van der Waals surface area contributed by atoms with Crippen LogP contribution in [0.2, 0.25) is 5.15 Å². The van der Waals surface area contributed by atoms with Crippen molar-refractivity contribution in [2.45, 2.75) is 33.6 Å². The molecule has 0 saturated carbocycles. The summed E-state index contributed by atoms with van der Waals surface area (Å²) in [5.74, 6) is 1.29. The average molecular weight is 294 g/mol. The van der Waals surface area contributed by atoms with E-state index >= 15 is 0 Å². The molecule has 1 N–H and O–H groups in total. The molecule has 0 aliphatic rings. The molecule has 0 amide bonds. The van der Waals surface area contributed by atoms with E-state index in [1.807, 2.05) is 20.8 Å². The summed E-state index contributed by atoms with van der Waals surface area (Å²) in [7, 11) is 0. The minimum Gasteiger partial charge on any atom is -0.340 e. The van der Waals surface area contributed by atoms with E-state index < -0.39 is 0 Å². The van der Waals surface area contributed by atoms with Crippen molar-refractivity contribution < 1.29 is 4.39 Å². The molecule has 1 aromatic carbocycles. The molecule has 2 rings (SSSR count). The molecule has 0 unspecified atom stereocenters. The van der Waals surface area contributed by atoms with E-state index in [2.05, 4.69) is 15.3 Å². The third kappa shape index (κ3) is 3.07. The van der Waals surface area contributed by atoms with Gasteiger partial charge >= 0.3 is 0 Å². The van der Waals surface area contributed by atoms with Gasteiger partial charge in [0.2, 0.25) is 0 Å². The van der Waals surface area contributed by atoms with Crippen molar-refractivity contribution in [1.82, 2.24) is 9.97 Å². The summed E-state index contributed by atoms with van der Waals surface area (Å²) in [4.78, 5) is 8.74. The van der Waals surface area contributed by atoms with Crippen molar-refractivity contribution in [3.63, 3.8) is 0 Å². The van der Waals surface area contributed by atoms with Crippen LogP contribution >= 0.6 is 11.6 Å². The van der Waals surface area contributed by atoms with Gasteiger partial charge < -0.3 is 5.32 Å². The van der Waals surface area contributed by atoms with Crippen molar-refractivity contribution >= 4 is 23.1 Å². The highest BCUT2D eigenvalue weighted by Gasteiger charge is 2.12. The molecule has 106 valence electrons. The number of rotatable bonds is 3. The van der Waals surface area contributed by atoms with Crippen molar-refractivity contribution in [1.29, 1.82) is 0 Å². The maximum absolute atomic E-state index is 13.3. The second kappa shape index (κ2) is 5.75. The summed E-state index contributed by atoms with van der Waals surface area (Å²) in [5.41, 5.74) is 2.13. The van der Waals surface area contributed by atoms with E-state index in [-0.39, 0.29) is 11.7 Å². The molecule has 1 aromatic heterocycles. The Hall–Kier alpha value is -1.68. The van der Waals surface area contributed by atoms with Crippen molar-refractivity contribution in [3.05, 3.63) is 46.1 Å². The molecule has 1 heterocycles. The molecule has 0 atom stereocenters. The standard InChI is InChI=1S/C15H17ClFN3/c1-8(2)14-19-13(16)10(4)15(20-14)18-11-5-6-12(17)9(3)7-11/h5-8H,1-4H3,(H,18,19,20). The number of halogens is 2. The molecule has 0 radical (unpaired) electrons. The van der Waals surface area contributed by atoms with Gasteiger partial charge in [-0.1, -0.05) is 25.4 Å². The molecule has 0 spiro atoms. The zero-order chi connectivity index (χ0) is 14.9. The predicted octanol–water partition coefficient (Wildman–Crippen LogP) is 4.75. The quantitative estimate of drug-likeness (QED) is 0.830. The largest absolute Gasteiger partial charge is 0.340 e. The van der Waals surface area contributed by atoms with Crippen LogP contribution in [0.25, 0.3) is 0 Å². The number of nitrogens with zero attached hydrogens (tertiary/aromatic N) is 2. The van der Waals surface area contributed by atoms with Crippen LogP contribution in [0.3, 0.4) is 0 Å². The molecule has 0 aliphatic carbocycles. The Morgan fingerprint density at radius 2 is 1.90 bits per heavy atom. The van der Waals surface area contributed by atoms with E-state index in [1.165, 1.54) is 6.07 Å². The Morgan fingerprint density at radius 1 is 1.20 bits per heavy atom.